The number of para-hydroxylation sites is 1. The largest absolute Gasteiger partial charge is 0.488 e. The van der Waals surface area contributed by atoms with Crippen LogP contribution in [0.15, 0.2) is 78.4 Å². The molecule has 0 unspecified atom stereocenters. The number of anilines is 1. The zero-order chi connectivity index (χ0) is 20.6. The first-order valence-electron chi connectivity index (χ1n) is 9.02. The van der Waals surface area contributed by atoms with Crippen molar-refractivity contribution in [3.05, 3.63) is 100 Å². The Labute approximate surface area is 175 Å². The van der Waals surface area contributed by atoms with E-state index < -0.39 is 5.91 Å². The van der Waals surface area contributed by atoms with E-state index in [9.17, 15) is 10.1 Å². The molecular weight excluding hydrogens is 384 g/mol. The number of carbonyl (C=O) groups excluding carboxylic acids is 1. The molecule has 29 heavy (non-hydrogen) atoms. The van der Waals surface area contributed by atoms with E-state index in [4.69, 9.17) is 16.3 Å². The molecule has 0 aliphatic carbocycles. The Morgan fingerprint density at radius 2 is 1.79 bits per heavy atom. The molecule has 0 aromatic heterocycles. The van der Waals surface area contributed by atoms with Crippen molar-refractivity contribution < 1.29 is 9.53 Å². The monoisotopic (exact) mass is 402 g/mol. The quantitative estimate of drug-likeness (QED) is 0.420. The first-order valence-corrected chi connectivity index (χ1v) is 9.40. The molecule has 0 fully saturated rings. The Kier molecular flexibility index (Phi) is 6.67. The summed E-state index contributed by atoms with van der Waals surface area (Å²) >= 11 is 6.10. The van der Waals surface area contributed by atoms with Crippen LogP contribution in [-0.4, -0.2) is 5.91 Å². The molecule has 0 bridgehead atoms. The average Bonchev–Trinajstić information content (AvgIpc) is 2.75. The van der Waals surface area contributed by atoms with Crippen LogP contribution in [0.1, 0.15) is 16.7 Å². The van der Waals surface area contributed by atoms with E-state index in [1.165, 1.54) is 6.08 Å². The van der Waals surface area contributed by atoms with Crippen LogP contribution in [-0.2, 0) is 11.4 Å². The number of nitrogens with zero attached hydrogens (tertiary/aromatic N) is 1. The predicted molar refractivity (Wildman–Crippen MR) is 116 cm³/mol. The summed E-state index contributed by atoms with van der Waals surface area (Å²) in [6.07, 6.45) is 1.52. The summed E-state index contributed by atoms with van der Waals surface area (Å²) in [5.41, 5.74) is 2.96. The average molecular weight is 403 g/mol. The highest BCUT2D eigenvalue weighted by Crippen LogP contribution is 2.25. The van der Waals surface area contributed by atoms with Gasteiger partial charge in [-0.3, -0.25) is 4.79 Å². The number of ether oxygens (including phenoxy) is 1. The highest BCUT2D eigenvalue weighted by Gasteiger charge is 2.13. The summed E-state index contributed by atoms with van der Waals surface area (Å²) < 4.78 is 5.90. The van der Waals surface area contributed by atoms with E-state index in [2.05, 4.69) is 5.32 Å². The lowest BCUT2D eigenvalue weighted by molar-refractivity contribution is -0.112. The molecule has 3 rings (SSSR count). The Balaban J connectivity index is 1.81. The van der Waals surface area contributed by atoms with Crippen LogP contribution in [0.4, 0.5) is 5.69 Å². The molecule has 0 saturated carbocycles. The number of nitrogens with one attached hydrogen (secondary N) is 1. The number of nitriles is 1. The third-order valence-electron chi connectivity index (χ3n) is 4.34. The number of hydrogen-bond donors (Lipinski definition) is 1. The van der Waals surface area contributed by atoms with Gasteiger partial charge in [0.1, 0.15) is 24.0 Å². The lowest BCUT2D eigenvalue weighted by atomic mass is 10.1. The smallest absolute Gasteiger partial charge is 0.266 e. The number of carbonyl (C=O) groups is 1. The minimum Gasteiger partial charge on any atom is -0.488 e. The summed E-state index contributed by atoms with van der Waals surface area (Å²) in [5, 5.41) is 12.8. The van der Waals surface area contributed by atoms with Crippen molar-refractivity contribution in [1.29, 1.82) is 5.26 Å². The molecule has 0 aliphatic heterocycles. The molecular formula is C24H19ClN2O2. The normalized spacial score (nSPS) is 10.9. The summed E-state index contributed by atoms with van der Waals surface area (Å²) in [5.74, 6) is 0.0894. The first-order chi connectivity index (χ1) is 14.1. The number of halogens is 1. The topological polar surface area (TPSA) is 62.1 Å². The standard InChI is InChI=1S/C24H19ClN2O2/c1-17-21(25)11-7-12-22(17)27-24(28)20(15-26)14-19-10-5-6-13-23(19)29-16-18-8-3-2-4-9-18/h2-14H,16H2,1H3,(H,27,28)/b20-14+. The Bertz CT molecular complexity index is 1090. The second kappa shape index (κ2) is 9.59. The van der Waals surface area contributed by atoms with E-state index in [0.29, 0.717) is 28.6 Å². The van der Waals surface area contributed by atoms with Gasteiger partial charge in [0.05, 0.1) is 0 Å². The van der Waals surface area contributed by atoms with Crippen molar-refractivity contribution in [2.24, 2.45) is 0 Å². The maximum absolute atomic E-state index is 12.6. The van der Waals surface area contributed by atoms with Gasteiger partial charge in [0.25, 0.3) is 5.91 Å². The van der Waals surface area contributed by atoms with Gasteiger partial charge in [-0.2, -0.15) is 5.26 Å². The van der Waals surface area contributed by atoms with Gasteiger partial charge in [0.15, 0.2) is 0 Å². The van der Waals surface area contributed by atoms with Gasteiger partial charge < -0.3 is 10.1 Å². The zero-order valence-corrected chi connectivity index (χ0v) is 16.6. The number of hydrogen-bond acceptors (Lipinski definition) is 3. The highest BCUT2D eigenvalue weighted by molar-refractivity contribution is 6.31. The third kappa shape index (κ3) is 5.25. The summed E-state index contributed by atoms with van der Waals surface area (Å²) in [4.78, 5) is 12.6. The van der Waals surface area contributed by atoms with Crippen LogP contribution in [0.25, 0.3) is 6.08 Å². The number of benzene rings is 3. The van der Waals surface area contributed by atoms with E-state index >= 15 is 0 Å². The molecule has 1 N–H and O–H groups in total. The maximum atomic E-state index is 12.6. The fraction of sp³-hybridized carbons (Fsp3) is 0.0833. The first kappa shape index (κ1) is 20.2. The fourth-order valence-electron chi connectivity index (χ4n) is 2.70. The highest BCUT2D eigenvalue weighted by atomic mass is 35.5. The summed E-state index contributed by atoms with van der Waals surface area (Å²) in [6.45, 7) is 2.20. The lowest BCUT2D eigenvalue weighted by Crippen LogP contribution is -2.14. The predicted octanol–water partition coefficient (Wildman–Crippen LogP) is 5.77. The minimum absolute atomic E-state index is 0.0277. The van der Waals surface area contributed by atoms with Gasteiger partial charge in [-0.1, -0.05) is 66.2 Å². The second-order valence-electron chi connectivity index (χ2n) is 6.35. The van der Waals surface area contributed by atoms with E-state index in [1.807, 2.05) is 54.6 Å². The molecule has 5 heteroatoms. The molecule has 4 nitrogen and oxygen atoms in total. The molecule has 0 aliphatic rings. The Hall–Kier alpha value is -3.55. The Morgan fingerprint density at radius 3 is 2.55 bits per heavy atom. The number of rotatable bonds is 6. The van der Waals surface area contributed by atoms with Crippen molar-refractivity contribution >= 4 is 29.3 Å². The summed E-state index contributed by atoms with van der Waals surface area (Å²) in [6, 6.07) is 24.3. The molecule has 3 aromatic rings. The van der Waals surface area contributed by atoms with E-state index in [0.717, 1.165) is 11.1 Å². The zero-order valence-electron chi connectivity index (χ0n) is 15.9. The van der Waals surface area contributed by atoms with Gasteiger partial charge in [-0.05, 0) is 42.3 Å². The van der Waals surface area contributed by atoms with Crippen molar-refractivity contribution in [3.8, 4) is 11.8 Å². The van der Waals surface area contributed by atoms with Crippen molar-refractivity contribution in [2.45, 2.75) is 13.5 Å². The van der Waals surface area contributed by atoms with Crippen molar-refractivity contribution in [3.63, 3.8) is 0 Å². The second-order valence-corrected chi connectivity index (χ2v) is 6.76. The third-order valence-corrected chi connectivity index (χ3v) is 4.75. The lowest BCUT2D eigenvalue weighted by Gasteiger charge is -2.11. The maximum Gasteiger partial charge on any atom is 0.266 e. The van der Waals surface area contributed by atoms with Crippen molar-refractivity contribution in [1.82, 2.24) is 0 Å². The van der Waals surface area contributed by atoms with Crippen molar-refractivity contribution in [2.75, 3.05) is 5.32 Å². The fourth-order valence-corrected chi connectivity index (χ4v) is 2.88. The van der Waals surface area contributed by atoms with Crippen LogP contribution < -0.4 is 10.1 Å². The van der Waals surface area contributed by atoms with Gasteiger partial charge in [-0.15, -0.1) is 0 Å². The minimum atomic E-state index is -0.504. The molecule has 0 spiro atoms. The van der Waals surface area contributed by atoms with E-state index in [-0.39, 0.29) is 5.57 Å². The molecule has 1 amide bonds. The molecule has 0 saturated heterocycles. The van der Waals surface area contributed by atoms with Crippen LogP contribution in [0, 0.1) is 18.3 Å². The van der Waals surface area contributed by atoms with Gasteiger partial charge in [0, 0.05) is 16.3 Å². The molecule has 3 aromatic carbocycles. The summed E-state index contributed by atoms with van der Waals surface area (Å²) in [7, 11) is 0. The van der Waals surface area contributed by atoms with Crippen LogP contribution in [0.2, 0.25) is 5.02 Å². The SMILES string of the molecule is Cc1c(Cl)cccc1NC(=O)/C(C#N)=C/c1ccccc1OCc1ccccc1. The van der Waals surface area contributed by atoms with Crippen LogP contribution in [0.5, 0.6) is 5.75 Å². The molecule has 144 valence electrons. The molecule has 0 heterocycles. The number of amides is 1. The van der Waals surface area contributed by atoms with Crippen LogP contribution >= 0.6 is 11.6 Å². The van der Waals surface area contributed by atoms with Gasteiger partial charge in [0.2, 0.25) is 0 Å². The van der Waals surface area contributed by atoms with Crippen LogP contribution in [0.3, 0.4) is 0 Å². The van der Waals surface area contributed by atoms with E-state index in [1.54, 1.807) is 31.2 Å². The molecule has 0 radical (unpaired) electrons. The van der Waals surface area contributed by atoms with Gasteiger partial charge in [-0.25, -0.2) is 0 Å². The Morgan fingerprint density at radius 1 is 1.07 bits per heavy atom. The van der Waals surface area contributed by atoms with Gasteiger partial charge >= 0.3 is 0 Å². The molecule has 0 atom stereocenters.